The van der Waals surface area contributed by atoms with Crippen LogP contribution in [0.5, 0.6) is 0 Å². The van der Waals surface area contributed by atoms with Gasteiger partial charge < -0.3 is 19.8 Å². The van der Waals surface area contributed by atoms with E-state index in [0.717, 1.165) is 6.42 Å². The van der Waals surface area contributed by atoms with Crippen molar-refractivity contribution in [2.24, 2.45) is 0 Å². The molecule has 1 aliphatic carbocycles. The van der Waals surface area contributed by atoms with Gasteiger partial charge in [0.1, 0.15) is 0 Å². The molecule has 2 atom stereocenters. The third-order valence-corrected chi connectivity index (χ3v) is 9.14. The van der Waals surface area contributed by atoms with Crippen molar-refractivity contribution in [2.75, 3.05) is 6.61 Å². The van der Waals surface area contributed by atoms with Gasteiger partial charge in [-0.2, -0.15) is 4.79 Å². The maximum Gasteiger partial charge on any atom is 0.420 e. The summed E-state index contributed by atoms with van der Waals surface area (Å²) in [5, 5.41) is 11.0. The Morgan fingerprint density at radius 1 is 1.48 bits per heavy atom. The fourth-order valence-corrected chi connectivity index (χ4v) is 3.60. The average molecular weight is 340 g/mol. The van der Waals surface area contributed by atoms with Crippen LogP contribution in [0.25, 0.3) is 5.53 Å². The lowest BCUT2D eigenvalue weighted by Gasteiger charge is -2.43. The van der Waals surface area contributed by atoms with Gasteiger partial charge in [-0.15, -0.1) is 0 Å². The number of rotatable bonds is 5. The Bertz CT molecular complexity index is 533. The van der Waals surface area contributed by atoms with E-state index < -0.39 is 31.7 Å². The van der Waals surface area contributed by atoms with E-state index in [2.05, 4.69) is 38.7 Å². The molecule has 0 aromatic heterocycles. The highest BCUT2D eigenvalue weighted by Gasteiger charge is 2.54. The molecule has 1 rings (SSSR count). The molecular formula is C16H28N2O4Si. The van der Waals surface area contributed by atoms with Crippen molar-refractivity contribution < 1.29 is 23.9 Å². The second-order valence-corrected chi connectivity index (χ2v) is 12.1. The highest BCUT2D eigenvalue weighted by molar-refractivity contribution is 6.74. The molecule has 2 unspecified atom stereocenters. The zero-order chi connectivity index (χ0) is 17.9. The van der Waals surface area contributed by atoms with Gasteiger partial charge in [-0.1, -0.05) is 26.8 Å². The van der Waals surface area contributed by atoms with Gasteiger partial charge in [0.05, 0.1) is 12.7 Å². The van der Waals surface area contributed by atoms with E-state index in [1.54, 1.807) is 13.0 Å². The van der Waals surface area contributed by atoms with Crippen molar-refractivity contribution in [3.8, 4) is 0 Å². The fourth-order valence-electron chi connectivity index (χ4n) is 2.23. The van der Waals surface area contributed by atoms with Gasteiger partial charge in [0.15, 0.2) is 8.32 Å². The second kappa shape index (κ2) is 7.09. The molecule has 0 radical (unpaired) electrons. The Labute approximate surface area is 139 Å². The largest absolute Gasteiger partial charge is 0.457 e. The lowest BCUT2D eigenvalue weighted by molar-refractivity contribution is -0.144. The van der Waals surface area contributed by atoms with Gasteiger partial charge in [-0.3, -0.25) is 0 Å². The molecule has 0 aliphatic heterocycles. The van der Waals surface area contributed by atoms with Gasteiger partial charge in [0.25, 0.3) is 0 Å². The predicted octanol–water partition coefficient (Wildman–Crippen LogP) is 2.69. The monoisotopic (exact) mass is 340 g/mol. The molecule has 6 nitrogen and oxygen atoms in total. The van der Waals surface area contributed by atoms with Crippen LogP contribution in [0.4, 0.5) is 0 Å². The fraction of sp³-hybridized carbons (Fsp3) is 0.750. The van der Waals surface area contributed by atoms with E-state index >= 15 is 0 Å². The number of hydrogen-bond donors (Lipinski definition) is 1. The quantitative estimate of drug-likeness (QED) is 0.208. The summed E-state index contributed by atoms with van der Waals surface area (Å²) in [5.41, 5.74) is 7.05. The van der Waals surface area contributed by atoms with Crippen LogP contribution in [0.1, 0.15) is 40.5 Å². The van der Waals surface area contributed by atoms with Gasteiger partial charge in [-0.05, 0) is 44.0 Å². The molecule has 23 heavy (non-hydrogen) atoms. The Morgan fingerprint density at radius 3 is 2.57 bits per heavy atom. The third kappa shape index (κ3) is 4.17. The number of ether oxygens (including phenoxy) is 1. The molecule has 0 heterocycles. The predicted molar refractivity (Wildman–Crippen MR) is 90.7 cm³/mol. The number of esters is 1. The second-order valence-electron chi connectivity index (χ2n) is 7.34. The summed E-state index contributed by atoms with van der Waals surface area (Å²) in [4.78, 5) is 15.1. The van der Waals surface area contributed by atoms with Crippen molar-refractivity contribution in [2.45, 2.75) is 70.4 Å². The minimum absolute atomic E-state index is 0.0461. The Morgan fingerprint density at radius 2 is 2.09 bits per heavy atom. The summed E-state index contributed by atoms with van der Waals surface area (Å²) in [5.74, 6) is -0.840. The van der Waals surface area contributed by atoms with Gasteiger partial charge in [0, 0.05) is 0 Å². The van der Waals surface area contributed by atoms with Gasteiger partial charge in [0.2, 0.25) is 5.60 Å². The molecule has 0 fully saturated rings. The van der Waals surface area contributed by atoms with E-state index in [1.165, 1.54) is 6.08 Å². The van der Waals surface area contributed by atoms with Crippen molar-refractivity contribution in [3.05, 3.63) is 17.7 Å². The van der Waals surface area contributed by atoms with Crippen molar-refractivity contribution >= 4 is 20.0 Å². The highest BCUT2D eigenvalue weighted by Crippen LogP contribution is 2.40. The topological polar surface area (TPSA) is 92.2 Å². The molecule has 0 spiro atoms. The van der Waals surface area contributed by atoms with Crippen LogP contribution in [0.2, 0.25) is 18.1 Å². The number of carbonyl (C=O) groups excluding carboxylic acids is 1. The summed E-state index contributed by atoms with van der Waals surface area (Å²) < 4.78 is 11.2. The zero-order valence-corrected chi connectivity index (χ0v) is 15.9. The molecule has 0 aromatic carbocycles. The number of aliphatic hydroxyl groups is 1. The maximum atomic E-state index is 12.0. The molecule has 1 aliphatic rings. The van der Waals surface area contributed by atoms with E-state index in [1.807, 2.05) is 0 Å². The van der Waals surface area contributed by atoms with E-state index in [0.29, 0.717) is 6.42 Å². The molecule has 0 bridgehead atoms. The molecular weight excluding hydrogens is 312 g/mol. The number of allylic oxidation sites excluding steroid dienone is 1. The molecule has 0 saturated carbocycles. The third-order valence-electron chi connectivity index (χ3n) is 4.65. The van der Waals surface area contributed by atoms with Gasteiger partial charge in [-0.25, -0.2) is 4.79 Å². The Balaban J connectivity index is 3.19. The first-order chi connectivity index (χ1) is 10.5. The Kier molecular flexibility index (Phi) is 6.10. The molecule has 0 saturated heterocycles. The van der Waals surface area contributed by atoms with Crippen LogP contribution in [-0.4, -0.2) is 48.2 Å². The number of nitrogens with zero attached hydrogens (tertiary/aromatic N) is 2. The summed E-state index contributed by atoms with van der Waals surface area (Å²) in [6.45, 7) is 12.2. The van der Waals surface area contributed by atoms with Crippen LogP contribution in [0.3, 0.4) is 0 Å². The van der Waals surface area contributed by atoms with Crippen LogP contribution in [-0.2, 0) is 14.0 Å². The van der Waals surface area contributed by atoms with E-state index in [4.69, 9.17) is 9.16 Å². The highest BCUT2D eigenvalue weighted by atomic mass is 28.4. The normalized spacial score (nSPS) is 24.9. The van der Waals surface area contributed by atoms with Crippen LogP contribution in [0, 0.1) is 0 Å². The number of carbonyl (C=O) groups is 1. The van der Waals surface area contributed by atoms with E-state index in [-0.39, 0.29) is 11.6 Å². The lowest BCUT2D eigenvalue weighted by Crippen LogP contribution is -2.58. The maximum absolute atomic E-state index is 12.0. The van der Waals surface area contributed by atoms with Crippen molar-refractivity contribution in [3.63, 3.8) is 0 Å². The smallest absolute Gasteiger partial charge is 0.420 e. The molecule has 0 aromatic rings. The first kappa shape index (κ1) is 19.8. The molecule has 7 heteroatoms. The average Bonchev–Trinajstić information content (AvgIpc) is 2.41. The minimum atomic E-state index is -2.18. The van der Waals surface area contributed by atoms with E-state index in [9.17, 15) is 15.4 Å². The summed E-state index contributed by atoms with van der Waals surface area (Å²) >= 11 is 0. The van der Waals surface area contributed by atoms with Crippen LogP contribution >= 0.6 is 0 Å². The number of hydrogen-bond acceptors (Lipinski definition) is 4. The molecule has 0 amide bonds. The van der Waals surface area contributed by atoms with Crippen molar-refractivity contribution in [1.29, 1.82) is 0 Å². The SMILES string of the molecule is CCOC(=O)C(=[N+]=[N-])C1(O)C=CCCC1O[Si](C)(C)C(C)(C)C. The minimum Gasteiger partial charge on any atom is -0.457 e. The first-order valence-corrected chi connectivity index (χ1v) is 10.9. The van der Waals surface area contributed by atoms with Crippen LogP contribution in [0.15, 0.2) is 12.2 Å². The summed E-state index contributed by atoms with van der Waals surface area (Å²) in [7, 11) is -2.18. The molecule has 1 N–H and O–H groups in total. The van der Waals surface area contributed by atoms with Crippen molar-refractivity contribution in [1.82, 2.24) is 0 Å². The standard InChI is InChI=1S/C16H28N2O4Si/c1-7-21-14(19)13(18-17)16(20)11-9-8-10-12(16)22-23(5,6)15(2,3)4/h9,11-12,20H,7-8,10H2,1-6H3. The summed E-state index contributed by atoms with van der Waals surface area (Å²) in [6.07, 6.45) is 3.85. The first-order valence-electron chi connectivity index (χ1n) is 7.97. The lowest BCUT2D eigenvalue weighted by atomic mass is 9.84. The van der Waals surface area contributed by atoms with Gasteiger partial charge >= 0.3 is 11.7 Å². The Hall–Kier alpha value is -1.27. The van der Waals surface area contributed by atoms with Crippen LogP contribution < -0.4 is 0 Å². The molecule has 130 valence electrons. The summed E-state index contributed by atoms with van der Waals surface area (Å²) in [6, 6.07) is 0. The zero-order valence-electron chi connectivity index (χ0n) is 14.9.